The van der Waals surface area contributed by atoms with Gasteiger partial charge in [0, 0.05) is 18.7 Å². The van der Waals surface area contributed by atoms with Crippen molar-refractivity contribution in [2.75, 3.05) is 6.54 Å². The molecule has 29 heavy (non-hydrogen) atoms. The third-order valence-electron chi connectivity index (χ3n) is 3.68. The van der Waals surface area contributed by atoms with Crippen molar-refractivity contribution in [2.24, 2.45) is 0 Å². The molecular formula is C15H11ClF5N5O2S. The fraction of sp³-hybridized carbons (Fsp3) is 0.333. The minimum Gasteiger partial charge on any atom is -0.351 e. The smallest absolute Gasteiger partial charge is 0.351 e. The lowest BCUT2D eigenvalue weighted by atomic mass is 10.3. The molecule has 3 rings (SSSR count). The number of hydrogen-bond donors (Lipinski definition) is 1. The fourth-order valence-corrected chi connectivity index (χ4v) is 3.72. The molecule has 0 aromatic carbocycles. The summed E-state index contributed by atoms with van der Waals surface area (Å²) in [7, 11) is 0. The molecule has 0 atom stereocenters. The molecule has 14 heteroatoms. The second kappa shape index (κ2) is 7.71. The number of nitrogens with one attached hydrogen (secondary N) is 1. The summed E-state index contributed by atoms with van der Waals surface area (Å²) in [5, 5.41) is 5.32. The van der Waals surface area contributed by atoms with E-state index in [1.807, 2.05) is 0 Å². The van der Waals surface area contributed by atoms with E-state index in [1.165, 1.54) is 0 Å². The number of fused-ring (bicyclic) bond motifs is 1. The summed E-state index contributed by atoms with van der Waals surface area (Å²) in [6.07, 6.45) is -7.75. The zero-order valence-electron chi connectivity index (χ0n) is 14.4. The van der Waals surface area contributed by atoms with Gasteiger partial charge in [-0.15, -0.1) is 0 Å². The number of carbonyl (C=O) groups is 1. The molecule has 0 saturated heterocycles. The summed E-state index contributed by atoms with van der Waals surface area (Å²) < 4.78 is 66.5. The molecular weight excluding hydrogens is 445 g/mol. The molecule has 0 radical (unpaired) electrons. The van der Waals surface area contributed by atoms with Crippen LogP contribution in [0, 0.1) is 0 Å². The highest BCUT2D eigenvalue weighted by Crippen LogP contribution is 2.32. The topological polar surface area (TPSA) is 81.3 Å². The van der Waals surface area contributed by atoms with Crippen LogP contribution < -0.4 is 10.9 Å². The average molecular weight is 456 g/mol. The minimum atomic E-state index is -4.72. The summed E-state index contributed by atoms with van der Waals surface area (Å²) in [5.41, 5.74) is -2.65. The summed E-state index contributed by atoms with van der Waals surface area (Å²) in [5.74, 6) is -0.865. The largest absolute Gasteiger partial charge is 0.435 e. The van der Waals surface area contributed by atoms with Gasteiger partial charge in [-0.1, -0.05) is 22.9 Å². The normalized spacial score (nSPS) is 12.1. The van der Waals surface area contributed by atoms with Crippen molar-refractivity contribution in [3.05, 3.63) is 49.6 Å². The van der Waals surface area contributed by atoms with Crippen LogP contribution in [0.25, 0.3) is 4.96 Å². The first kappa shape index (κ1) is 21.2. The van der Waals surface area contributed by atoms with Gasteiger partial charge in [0.15, 0.2) is 10.7 Å². The van der Waals surface area contributed by atoms with E-state index in [9.17, 15) is 31.5 Å². The molecule has 1 amide bonds. The Bertz CT molecular complexity index is 1140. The lowest BCUT2D eigenvalue weighted by Gasteiger charge is -2.06. The average Bonchev–Trinajstić information content (AvgIpc) is 3.16. The molecule has 0 aliphatic heterocycles. The Kier molecular flexibility index (Phi) is 5.63. The van der Waals surface area contributed by atoms with Gasteiger partial charge in [-0.25, -0.2) is 22.8 Å². The van der Waals surface area contributed by atoms with Gasteiger partial charge in [-0.3, -0.25) is 9.59 Å². The highest BCUT2D eigenvalue weighted by atomic mass is 35.5. The van der Waals surface area contributed by atoms with Crippen LogP contribution in [0.5, 0.6) is 0 Å². The van der Waals surface area contributed by atoms with Gasteiger partial charge in [0.2, 0.25) is 0 Å². The number of alkyl halides is 5. The monoisotopic (exact) mass is 455 g/mol. The first-order valence-corrected chi connectivity index (χ1v) is 9.14. The quantitative estimate of drug-likeness (QED) is 0.598. The maximum Gasteiger partial charge on any atom is 0.435 e. The van der Waals surface area contributed by atoms with E-state index in [1.54, 1.807) is 6.92 Å². The lowest BCUT2D eigenvalue weighted by Crippen LogP contribution is -2.28. The highest BCUT2D eigenvalue weighted by molar-refractivity contribution is 7.17. The molecule has 0 spiro atoms. The van der Waals surface area contributed by atoms with Crippen LogP contribution in [0.15, 0.2) is 16.9 Å². The predicted octanol–water partition coefficient (Wildman–Crippen LogP) is 3.36. The first-order chi connectivity index (χ1) is 13.5. The van der Waals surface area contributed by atoms with Gasteiger partial charge in [0.25, 0.3) is 17.9 Å². The molecule has 0 fully saturated rings. The van der Waals surface area contributed by atoms with E-state index in [4.69, 9.17) is 11.6 Å². The predicted molar refractivity (Wildman–Crippen MR) is 93.6 cm³/mol. The van der Waals surface area contributed by atoms with Crippen molar-refractivity contribution < 1.29 is 26.7 Å². The van der Waals surface area contributed by atoms with Crippen LogP contribution in [-0.2, 0) is 12.7 Å². The summed E-state index contributed by atoms with van der Waals surface area (Å²) in [6.45, 7) is 1.33. The molecule has 3 heterocycles. The minimum absolute atomic E-state index is 0.0572. The van der Waals surface area contributed by atoms with Crippen molar-refractivity contribution in [1.82, 2.24) is 24.5 Å². The molecule has 7 nitrogen and oxygen atoms in total. The second-order valence-electron chi connectivity index (χ2n) is 5.69. The molecule has 156 valence electrons. The SMILES string of the molecule is CCNC(=O)c1c(C(F)F)sc2nc(Cn3nc(C(F)(F)F)cc3Cl)cc(=O)n12. The third kappa shape index (κ3) is 4.10. The van der Waals surface area contributed by atoms with Crippen molar-refractivity contribution >= 4 is 33.8 Å². The highest BCUT2D eigenvalue weighted by Gasteiger charge is 2.35. The number of carbonyl (C=O) groups excluding carboxylic acids is 1. The Labute approximate surface area is 167 Å². The molecule has 1 N–H and O–H groups in total. The van der Waals surface area contributed by atoms with E-state index >= 15 is 0 Å². The molecule has 0 aliphatic rings. The number of hydrogen-bond acceptors (Lipinski definition) is 5. The number of amides is 1. The van der Waals surface area contributed by atoms with Gasteiger partial charge in [0.05, 0.1) is 12.2 Å². The number of halogens is 6. The lowest BCUT2D eigenvalue weighted by molar-refractivity contribution is -0.141. The van der Waals surface area contributed by atoms with Crippen LogP contribution in [0.2, 0.25) is 5.15 Å². The maximum atomic E-state index is 13.4. The Morgan fingerprint density at radius 2 is 2.03 bits per heavy atom. The van der Waals surface area contributed by atoms with Gasteiger partial charge < -0.3 is 5.32 Å². The Morgan fingerprint density at radius 1 is 1.34 bits per heavy atom. The zero-order valence-corrected chi connectivity index (χ0v) is 16.0. The first-order valence-electron chi connectivity index (χ1n) is 7.95. The van der Waals surface area contributed by atoms with Gasteiger partial charge in [0.1, 0.15) is 15.7 Å². The number of rotatable bonds is 5. The van der Waals surface area contributed by atoms with Crippen molar-refractivity contribution in [3.8, 4) is 0 Å². The molecule has 0 saturated carbocycles. The maximum absolute atomic E-state index is 13.4. The van der Waals surface area contributed by atoms with E-state index in [2.05, 4.69) is 15.4 Å². The summed E-state index contributed by atoms with van der Waals surface area (Å²) >= 11 is 6.18. The third-order valence-corrected chi connectivity index (χ3v) is 5.04. The van der Waals surface area contributed by atoms with Crippen molar-refractivity contribution in [2.45, 2.75) is 26.1 Å². The molecule has 3 aromatic heterocycles. The number of aromatic nitrogens is 4. The van der Waals surface area contributed by atoms with Gasteiger partial charge >= 0.3 is 6.18 Å². The van der Waals surface area contributed by atoms with Crippen molar-refractivity contribution in [1.29, 1.82) is 0 Å². The molecule has 0 aliphatic carbocycles. The van der Waals surface area contributed by atoms with E-state index in [-0.39, 0.29) is 22.4 Å². The fourth-order valence-electron chi connectivity index (χ4n) is 2.52. The van der Waals surface area contributed by atoms with Crippen LogP contribution >= 0.6 is 22.9 Å². The van der Waals surface area contributed by atoms with Crippen LogP contribution in [-0.4, -0.2) is 31.6 Å². The van der Waals surface area contributed by atoms with Gasteiger partial charge in [-0.05, 0) is 6.92 Å². The Balaban J connectivity index is 2.08. The van der Waals surface area contributed by atoms with E-state index in [0.29, 0.717) is 17.4 Å². The van der Waals surface area contributed by atoms with Gasteiger partial charge in [-0.2, -0.15) is 18.3 Å². The summed E-state index contributed by atoms with van der Waals surface area (Å²) in [6, 6.07) is 1.53. The second-order valence-corrected chi connectivity index (χ2v) is 7.08. The van der Waals surface area contributed by atoms with Crippen LogP contribution in [0.1, 0.15) is 40.1 Å². The number of thiazole rings is 1. The van der Waals surface area contributed by atoms with E-state index in [0.717, 1.165) is 15.1 Å². The van der Waals surface area contributed by atoms with E-state index < -0.39 is 46.9 Å². The van der Waals surface area contributed by atoms with Crippen LogP contribution in [0.3, 0.4) is 0 Å². The van der Waals surface area contributed by atoms with Crippen LogP contribution in [0.4, 0.5) is 22.0 Å². The standard InChI is InChI=1S/C15H11ClF5N5O2S/c1-2-22-13(28)10-11(12(17)18)29-14-23-6(3-9(27)26(10)14)5-25-8(16)4-7(24-25)15(19,20)21/h3-4,12H,2,5H2,1H3,(H,22,28). The molecule has 0 bridgehead atoms. The molecule has 0 unspecified atom stereocenters. The summed E-state index contributed by atoms with van der Waals surface area (Å²) in [4.78, 5) is 27.8. The Morgan fingerprint density at radius 3 is 2.59 bits per heavy atom. The number of nitrogens with zero attached hydrogens (tertiary/aromatic N) is 4. The Hall–Kier alpha value is -2.54. The molecule has 3 aromatic rings. The zero-order chi connectivity index (χ0) is 21.5. The van der Waals surface area contributed by atoms with Crippen molar-refractivity contribution in [3.63, 3.8) is 0 Å².